The summed E-state index contributed by atoms with van der Waals surface area (Å²) in [6, 6.07) is 6.09. The van der Waals surface area contributed by atoms with Gasteiger partial charge in [-0.3, -0.25) is 9.88 Å². The van der Waals surface area contributed by atoms with Gasteiger partial charge in [0.05, 0.1) is 5.69 Å². The molecule has 2 rings (SSSR count). The fraction of sp³-hybridized carbons (Fsp3) is 0.667. The van der Waals surface area contributed by atoms with Crippen LogP contribution in [-0.4, -0.2) is 29.0 Å². The number of aromatic nitrogens is 1. The molecule has 0 atom stereocenters. The molecule has 0 radical (unpaired) electrons. The van der Waals surface area contributed by atoms with Gasteiger partial charge in [-0.2, -0.15) is 0 Å². The average Bonchev–Trinajstić information content (AvgIpc) is 2.29. The van der Waals surface area contributed by atoms with Gasteiger partial charge < -0.3 is 5.73 Å². The van der Waals surface area contributed by atoms with E-state index in [2.05, 4.69) is 36.8 Å². The summed E-state index contributed by atoms with van der Waals surface area (Å²) < 4.78 is 0. The zero-order chi connectivity index (χ0) is 13.2. The topological polar surface area (TPSA) is 42.1 Å². The Balaban J connectivity index is 1.98. The largest absolute Gasteiger partial charge is 0.329 e. The van der Waals surface area contributed by atoms with Crippen molar-refractivity contribution in [2.45, 2.75) is 38.8 Å². The van der Waals surface area contributed by atoms with Gasteiger partial charge in [0.2, 0.25) is 0 Å². The van der Waals surface area contributed by atoms with Crippen molar-refractivity contribution in [3.8, 4) is 0 Å². The molecule has 3 heteroatoms. The number of nitrogens with zero attached hydrogens (tertiary/aromatic N) is 2. The highest BCUT2D eigenvalue weighted by Gasteiger charge is 2.46. The molecular weight excluding hydrogens is 222 g/mol. The quantitative estimate of drug-likeness (QED) is 0.868. The van der Waals surface area contributed by atoms with E-state index in [1.54, 1.807) is 0 Å². The lowest BCUT2D eigenvalue weighted by Crippen LogP contribution is -2.61. The van der Waals surface area contributed by atoms with Crippen LogP contribution in [0.15, 0.2) is 24.4 Å². The molecule has 1 aromatic heterocycles. The van der Waals surface area contributed by atoms with E-state index in [9.17, 15) is 0 Å². The molecule has 0 aromatic carbocycles. The fourth-order valence-corrected chi connectivity index (χ4v) is 2.92. The lowest BCUT2D eigenvalue weighted by molar-refractivity contribution is -0.0249. The van der Waals surface area contributed by atoms with E-state index in [-0.39, 0.29) is 5.54 Å². The molecule has 0 aliphatic heterocycles. The maximum atomic E-state index is 6.02. The Morgan fingerprint density at radius 3 is 2.67 bits per heavy atom. The van der Waals surface area contributed by atoms with Crippen LogP contribution in [0.4, 0.5) is 0 Å². The van der Waals surface area contributed by atoms with Crippen LogP contribution in [0.3, 0.4) is 0 Å². The first-order valence-electron chi connectivity index (χ1n) is 6.88. The van der Waals surface area contributed by atoms with Crippen LogP contribution in [0, 0.1) is 11.8 Å². The minimum Gasteiger partial charge on any atom is -0.329 e. The first kappa shape index (κ1) is 13.5. The fourth-order valence-electron chi connectivity index (χ4n) is 2.92. The molecule has 0 amide bonds. The maximum absolute atomic E-state index is 6.02. The summed E-state index contributed by atoms with van der Waals surface area (Å²) in [6.45, 7) is 6.26. The normalized spacial score (nSPS) is 27.6. The van der Waals surface area contributed by atoms with Crippen molar-refractivity contribution in [2.24, 2.45) is 17.6 Å². The minimum absolute atomic E-state index is 0.201. The second-order valence-electron chi connectivity index (χ2n) is 6.02. The first-order chi connectivity index (χ1) is 8.57. The van der Waals surface area contributed by atoms with Gasteiger partial charge in [-0.1, -0.05) is 19.9 Å². The number of hydrogen-bond donors (Lipinski definition) is 1. The summed E-state index contributed by atoms with van der Waals surface area (Å²) >= 11 is 0. The molecule has 1 saturated carbocycles. The number of rotatable bonds is 5. The lowest BCUT2D eigenvalue weighted by atomic mass is 9.63. The summed E-state index contributed by atoms with van der Waals surface area (Å²) in [6.07, 6.45) is 4.31. The highest BCUT2D eigenvalue weighted by atomic mass is 15.2. The van der Waals surface area contributed by atoms with Gasteiger partial charge in [-0.05, 0) is 43.9 Å². The van der Waals surface area contributed by atoms with E-state index in [4.69, 9.17) is 5.73 Å². The summed E-state index contributed by atoms with van der Waals surface area (Å²) in [7, 11) is 2.18. The number of pyridine rings is 1. The Bertz CT molecular complexity index is 369. The summed E-state index contributed by atoms with van der Waals surface area (Å²) in [5.74, 6) is 1.60. The lowest BCUT2D eigenvalue weighted by Gasteiger charge is -2.54. The van der Waals surface area contributed by atoms with E-state index in [1.165, 1.54) is 12.8 Å². The van der Waals surface area contributed by atoms with E-state index >= 15 is 0 Å². The van der Waals surface area contributed by atoms with Crippen molar-refractivity contribution >= 4 is 0 Å². The molecule has 1 aliphatic rings. The van der Waals surface area contributed by atoms with Crippen molar-refractivity contribution in [3.63, 3.8) is 0 Å². The Hall–Kier alpha value is -0.930. The molecule has 1 aliphatic carbocycles. The van der Waals surface area contributed by atoms with Gasteiger partial charge in [0, 0.05) is 24.8 Å². The van der Waals surface area contributed by atoms with Crippen LogP contribution in [0.25, 0.3) is 0 Å². The second-order valence-corrected chi connectivity index (χ2v) is 6.02. The third kappa shape index (κ3) is 2.57. The van der Waals surface area contributed by atoms with E-state index < -0.39 is 0 Å². The number of hydrogen-bond acceptors (Lipinski definition) is 3. The molecular formula is C15H25N3. The molecule has 0 unspecified atom stereocenters. The zero-order valence-corrected chi connectivity index (χ0v) is 11.8. The Morgan fingerprint density at radius 1 is 1.44 bits per heavy atom. The monoisotopic (exact) mass is 247 g/mol. The molecule has 3 nitrogen and oxygen atoms in total. The Morgan fingerprint density at radius 2 is 2.17 bits per heavy atom. The predicted molar refractivity (Wildman–Crippen MR) is 75.1 cm³/mol. The number of likely N-dealkylation sites (N-methyl/N-ethyl adjacent to an activating group) is 1. The third-order valence-electron chi connectivity index (χ3n) is 4.54. The van der Waals surface area contributed by atoms with Gasteiger partial charge in [0.15, 0.2) is 0 Å². The van der Waals surface area contributed by atoms with Gasteiger partial charge in [-0.25, -0.2) is 0 Å². The second kappa shape index (κ2) is 5.37. The summed E-state index contributed by atoms with van der Waals surface area (Å²) in [5, 5.41) is 0. The van der Waals surface area contributed by atoms with Gasteiger partial charge in [-0.15, -0.1) is 0 Å². The van der Waals surface area contributed by atoms with Crippen molar-refractivity contribution in [3.05, 3.63) is 30.1 Å². The van der Waals surface area contributed by atoms with E-state index in [0.29, 0.717) is 0 Å². The van der Waals surface area contributed by atoms with Crippen LogP contribution in [0.5, 0.6) is 0 Å². The third-order valence-corrected chi connectivity index (χ3v) is 4.54. The van der Waals surface area contributed by atoms with E-state index in [1.807, 2.05) is 18.3 Å². The number of nitrogens with two attached hydrogens (primary N) is 1. The maximum Gasteiger partial charge on any atom is 0.0544 e. The van der Waals surface area contributed by atoms with Gasteiger partial charge >= 0.3 is 0 Å². The van der Waals surface area contributed by atoms with Crippen molar-refractivity contribution in [1.82, 2.24) is 9.88 Å². The molecule has 2 N–H and O–H groups in total. The molecule has 1 fully saturated rings. The van der Waals surface area contributed by atoms with Crippen LogP contribution >= 0.6 is 0 Å². The van der Waals surface area contributed by atoms with Gasteiger partial charge in [0.1, 0.15) is 0 Å². The molecule has 100 valence electrons. The van der Waals surface area contributed by atoms with Crippen LogP contribution < -0.4 is 5.73 Å². The molecule has 1 heterocycles. The van der Waals surface area contributed by atoms with Crippen LogP contribution in [0.1, 0.15) is 32.4 Å². The van der Waals surface area contributed by atoms with Crippen molar-refractivity contribution in [1.29, 1.82) is 0 Å². The molecule has 1 aromatic rings. The summed E-state index contributed by atoms with van der Waals surface area (Å²) in [4.78, 5) is 6.79. The van der Waals surface area contributed by atoms with Gasteiger partial charge in [0.25, 0.3) is 0 Å². The van der Waals surface area contributed by atoms with Crippen LogP contribution in [0.2, 0.25) is 0 Å². The molecule has 0 bridgehead atoms. The molecule has 0 saturated heterocycles. The Kier molecular flexibility index (Phi) is 4.03. The average molecular weight is 247 g/mol. The smallest absolute Gasteiger partial charge is 0.0544 e. The molecule has 0 spiro atoms. The highest BCUT2D eigenvalue weighted by Crippen LogP contribution is 2.45. The highest BCUT2D eigenvalue weighted by molar-refractivity contribution is 5.08. The first-order valence-corrected chi connectivity index (χ1v) is 6.88. The van der Waals surface area contributed by atoms with Crippen molar-refractivity contribution < 1.29 is 0 Å². The van der Waals surface area contributed by atoms with E-state index in [0.717, 1.165) is 30.6 Å². The van der Waals surface area contributed by atoms with Crippen molar-refractivity contribution in [2.75, 3.05) is 13.6 Å². The molecule has 18 heavy (non-hydrogen) atoms. The minimum atomic E-state index is 0.201. The predicted octanol–water partition coefficient (Wildman–Crippen LogP) is 2.28. The summed E-state index contributed by atoms with van der Waals surface area (Å²) in [5.41, 5.74) is 7.35. The Labute approximate surface area is 110 Å². The van der Waals surface area contributed by atoms with Crippen LogP contribution in [-0.2, 0) is 6.54 Å². The standard InChI is InChI=1S/C15H25N3/c1-12(2)13-8-15(9-13,11-16)18(3)10-14-6-4-5-7-17-14/h4-7,12-13H,8-11,16H2,1-3H3. The SMILES string of the molecule is CC(C)C1CC(CN)(N(C)Cc2ccccn2)C1. The zero-order valence-electron chi connectivity index (χ0n) is 11.8.